The first-order valence-corrected chi connectivity index (χ1v) is 11.8. The first-order chi connectivity index (χ1) is 15.0. The summed E-state index contributed by atoms with van der Waals surface area (Å²) in [4.78, 5) is 17.2. The SMILES string of the molecule is COc1ccc(C(=O)Nc2cnc3ccccc3c2)cc1S(=O)(=O)N1CCCCCC1. The van der Waals surface area contributed by atoms with E-state index < -0.39 is 15.9 Å². The number of carbonyl (C=O) groups excluding carboxylic acids is 1. The van der Waals surface area contributed by atoms with Gasteiger partial charge in [-0.2, -0.15) is 4.31 Å². The van der Waals surface area contributed by atoms with E-state index in [1.54, 1.807) is 12.3 Å². The first-order valence-electron chi connectivity index (χ1n) is 10.3. The number of anilines is 1. The normalized spacial score (nSPS) is 15.4. The minimum atomic E-state index is -3.77. The predicted octanol–water partition coefficient (Wildman–Crippen LogP) is 4.06. The molecule has 1 aliphatic rings. The molecule has 1 N–H and O–H groups in total. The maximum absolute atomic E-state index is 13.3. The zero-order chi connectivity index (χ0) is 21.8. The van der Waals surface area contributed by atoms with Crippen LogP contribution in [0.3, 0.4) is 0 Å². The second-order valence-electron chi connectivity index (χ2n) is 7.55. The quantitative estimate of drug-likeness (QED) is 0.648. The van der Waals surface area contributed by atoms with Gasteiger partial charge in [-0.15, -0.1) is 0 Å². The number of hydrogen-bond acceptors (Lipinski definition) is 5. The van der Waals surface area contributed by atoms with E-state index in [2.05, 4.69) is 10.3 Å². The molecule has 2 heterocycles. The molecule has 0 radical (unpaired) electrons. The zero-order valence-electron chi connectivity index (χ0n) is 17.4. The molecule has 1 aliphatic heterocycles. The summed E-state index contributed by atoms with van der Waals surface area (Å²) in [5.74, 6) is -0.180. The van der Waals surface area contributed by atoms with Crippen LogP contribution in [0.5, 0.6) is 5.75 Å². The summed E-state index contributed by atoms with van der Waals surface area (Å²) in [6, 6.07) is 13.9. The lowest BCUT2D eigenvalue weighted by atomic mass is 10.2. The van der Waals surface area contributed by atoms with Gasteiger partial charge in [-0.05, 0) is 43.2 Å². The standard InChI is InChI=1S/C23H25N3O4S/c1-30-21-11-10-18(15-22(21)31(28,29)26-12-6-2-3-7-13-26)23(27)25-19-14-17-8-4-5-9-20(17)24-16-19/h4-5,8-11,14-16H,2-3,6-7,12-13H2,1H3,(H,25,27). The molecule has 2 aromatic carbocycles. The molecule has 1 saturated heterocycles. The molecule has 8 heteroatoms. The van der Waals surface area contributed by atoms with Crippen molar-refractivity contribution in [1.29, 1.82) is 0 Å². The fraction of sp³-hybridized carbons (Fsp3) is 0.304. The summed E-state index contributed by atoms with van der Waals surface area (Å²) in [7, 11) is -2.34. The van der Waals surface area contributed by atoms with Crippen LogP contribution in [0, 0.1) is 0 Å². The second kappa shape index (κ2) is 9.03. The average molecular weight is 440 g/mol. The Morgan fingerprint density at radius 2 is 1.77 bits per heavy atom. The number of aromatic nitrogens is 1. The van der Waals surface area contributed by atoms with Crippen molar-refractivity contribution in [2.75, 3.05) is 25.5 Å². The van der Waals surface area contributed by atoms with E-state index in [9.17, 15) is 13.2 Å². The minimum Gasteiger partial charge on any atom is -0.495 e. The highest BCUT2D eigenvalue weighted by Crippen LogP contribution is 2.30. The number of para-hydroxylation sites is 1. The van der Waals surface area contributed by atoms with Crippen molar-refractivity contribution in [2.45, 2.75) is 30.6 Å². The van der Waals surface area contributed by atoms with Gasteiger partial charge in [0.15, 0.2) is 0 Å². The van der Waals surface area contributed by atoms with Crippen LogP contribution in [0.2, 0.25) is 0 Å². The number of nitrogens with zero attached hydrogens (tertiary/aromatic N) is 2. The van der Waals surface area contributed by atoms with Crippen LogP contribution >= 0.6 is 0 Å². The number of pyridine rings is 1. The number of fused-ring (bicyclic) bond motifs is 1. The summed E-state index contributed by atoms with van der Waals surface area (Å²) >= 11 is 0. The highest BCUT2D eigenvalue weighted by atomic mass is 32.2. The van der Waals surface area contributed by atoms with Crippen molar-refractivity contribution in [3.8, 4) is 5.75 Å². The number of nitrogens with one attached hydrogen (secondary N) is 1. The van der Waals surface area contributed by atoms with Crippen molar-refractivity contribution >= 4 is 32.5 Å². The number of sulfonamides is 1. The van der Waals surface area contributed by atoms with Crippen LogP contribution in [0.1, 0.15) is 36.0 Å². The van der Waals surface area contributed by atoms with Crippen molar-refractivity contribution in [3.05, 3.63) is 60.3 Å². The molecule has 0 bridgehead atoms. The number of amides is 1. The number of carbonyl (C=O) groups is 1. The fourth-order valence-corrected chi connectivity index (χ4v) is 5.48. The van der Waals surface area contributed by atoms with E-state index in [0.29, 0.717) is 18.8 Å². The molecule has 0 atom stereocenters. The Balaban J connectivity index is 1.63. The van der Waals surface area contributed by atoms with Crippen LogP contribution in [0.25, 0.3) is 10.9 Å². The van der Waals surface area contributed by atoms with Gasteiger partial charge in [0.25, 0.3) is 5.91 Å². The molecule has 3 aromatic rings. The Morgan fingerprint density at radius 3 is 2.52 bits per heavy atom. The summed E-state index contributed by atoms with van der Waals surface area (Å²) in [5.41, 5.74) is 1.61. The van der Waals surface area contributed by atoms with Gasteiger partial charge in [0, 0.05) is 24.0 Å². The minimum absolute atomic E-state index is 0.0150. The Bertz CT molecular complexity index is 1200. The van der Waals surface area contributed by atoms with E-state index in [1.807, 2.05) is 30.3 Å². The van der Waals surface area contributed by atoms with Gasteiger partial charge in [-0.1, -0.05) is 31.0 Å². The molecule has 0 aliphatic carbocycles. The third-order valence-corrected chi connectivity index (χ3v) is 7.38. The average Bonchev–Trinajstić information content (AvgIpc) is 3.09. The predicted molar refractivity (Wildman–Crippen MR) is 120 cm³/mol. The van der Waals surface area contributed by atoms with Crippen LogP contribution < -0.4 is 10.1 Å². The molecule has 0 spiro atoms. The smallest absolute Gasteiger partial charge is 0.255 e. The van der Waals surface area contributed by atoms with Gasteiger partial charge < -0.3 is 10.1 Å². The number of ether oxygens (including phenoxy) is 1. The molecular formula is C23H25N3O4S. The Kier molecular flexibility index (Phi) is 6.20. The van der Waals surface area contributed by atoms with E-state index in [4.69, 9.17) is 4.74 Å². The number of benzene rings is 2. The summed E-state index contributed by atoms with van der Waals surface area (Å²) in [5, 5.41) is 3.71. The Morgan fingerprint density at radius 1 is 1.03 bits per heavy atom. The lowest BCUT2D eigenvalue weighted by molar-refractivity contribution is 0.102. The van der Waals surface area contributed by atoms with Gasteiger partial charge in [0.1, 0.15) is 10.6 Å². The maximum atomic E-state index is 13.3. The van der Waals surface area contributed by atoms with Gasteiger partial charge in [-0.3, -0.25) is 9.78 Å². The molecule has 1 aromatic heterocycles. The molecule has 7 nitrogen and oxygen atoms in total. The van der Waals surface area contributed by atoms with Crippen LogP contribution in [-0.4, -0.2) is 43.8 Å². The van der Waals surface area contributed by atoms with Crippen LogP contribution in [0.4, 0.5) is 5.69 Å². The van der Waals surface area contributed by atoms with E-state index in [0.717, 1.165) is 36.6 Å². The van der Waals surface area contributed by atoms with Crippen LogP contribution in [-0.2, 0) is 10.0 Å². The molecule has 0 saturated carbocycles. The van der Waals surface area contributed by atoms with Crippen LogP contribution in [0.15, 0.2) is 59.6 Å². The lowest BCUT2D eigenvalue weighted by Crippen LogP contribution is -2.32. The Labute approximate surface area is 182 Å². The fourth-order valence-electron chi connectivity index (χ4n) is 3.78. The zero-order valence-corrected chi connectivity index (χ0v) is 18.2. The van der Waals surface area contributed by atoms with Gasteiger partial charge in [-0.25, -0.2) is 8.42 Å². The number of hydrogen-bond donors (Lipinski definition) is 1. The van der Waals surface area contributed by atoms with Gasteiger partial charge >= 0.3 is 0 Å². The van der Waals surface area contributed by atoms with Crippen molar-refractivity contribution in [1.82, 2.24) is 9.29 Å². The maximum Gasteiger partial charge on any atom is 0.255 e. The molecule has 162 valence electrons. The molecule has 1 amide bonds. The third kappa shape index (κ3) is 4.55. The highest BCUT2D eigenvalue weighted by molar-refractivity contribution is 7.89. The van der Waals surface area contributed by atoms with Crippen molar-refractivity contribution < 1.29 is 17.9 Å². The van der Waals surface area contributed by atoms with Gasteiger partial charge in [0.2, 0.25) is 10.0 Å². The Hall–Kier alpha value is -2.97. The van der Waals surface area contributed by atoms with E-state index in [1.165, 1.54) is 23.5 Å². The first kappa shape index (κ1) is 21.3. The molecule has 4 rings (SSSR count). The summed E-state index contributed by atoms with van der Waals surface area (Å²) < 4.78 is 33.4. The van der Waals surface area contributed by atoms with E-state index >= 15 is 0 Å². The molecule has 0 unspecified atom stereocenters. The lowest BCUT2D eigenvalue weighted by Gasteiger charge is -2.21. The third-order valence-electron chi connectivity index (χ3n) is 5.46. The monoisotopic (exact) mass is 439 g/mol. The summed E-state index contributed by atoms with van der Waals surface area (Å²) in [6.45, 7) is 0.954. The highest BCUT2D eigenvalue weighted by Gasteiger charge is 2.29. The second-order valence-corrected chi connectivity index (χ2v) is 9.46. The largest absolute Gasteiger partial charge is 0.495 e. The number of methoxy groups -OCH3 is 1. The molecular weight excluding hydrogens is 414 g/mol. The molecule has 1 fully saturated rings. The molecule has 31 heavy (non-hydrogen) atoms. The summed E-state index contributed by atoms with van der Waals surface area (Å²) in [6.07, 6.45) is 5.28. The van der Waals surface area contributed by atoms with Gasteiger partial charge in [0.05, 0.1) is 24.5 Å². The van der Waals surface area contributed by atoms with Crippen molar-refractivity contribution in [2.24, 2.45) is 0 Å². The van der Waals surface area contributed by atoms with Crippen molar-refractivity contribution in [3.63, 3.8) is 0 Å². The van der Waals surface area contributed by atoms with E-state index in [-0.39, 0.29) is 16.2 Å². The topological polar surface area (TPSA) is 88.6 Å². The number of rotatable bonds is 5.